The number of fused-ring (bicyclic) bond motifs is 1. The maximum absolute atomic E-state index is 14.2. The molecular formula is C40H54N2O9S. The third-order valence-corrected chi connectivity index (χ3v) is 11.7. The first-order valence-electron chi connectivity index (χ1n) is 18.3. The molecule has 2 heterocycles. The van der Waals surface area contributed by atoms with Crippen molar-refractivity contribution < 1.29 is 42.0 Å². The van der Waals surface area contributed by atoms with Gasteiger partial charge in [-0.25, -0.2) is 8.42 Å². The molecule has 12 heteroatoms. The molecule has 1 saturated heterocycles. The van der Waals surface area contributed by atoms with E-state index >= 15 is 0 Å². The van der Waals surface area contributed by atoms with Gasteiger partial charge in [0.15, 0.2) is 0 Å². The molecule has 3 aromatic carbocycles. The fourth-order valence-corrected chi connectivity index (χ4v) is 8.69. The third-order valence-electron chi connectivity index (χ3n) is 9.76. The number of carboxylic acid groups (broad SMARTS) is 1. The third kappa shape index (κ3) is 10.5. The minimum atomic E-state index is -3.96. The van der Waals surface area contributed by atoms with Gasteiger partial charge >= 0.3 is 5.97 Å². The van der Waals surface area contributed by atoms with Crippen molar-refractivity contribution in [3.05, 3.63) is 89.0 Å². The molecule has 52 heavy (non-hydrogen) atoms. The molecule has 284 valence electrons. The van der Waals surface area contributed by atoms with Gasteiger partial charge in [-0.3, -0.25) is 4.79 Å². The molecule has 0 aromatic heterocycles. The van der Waals surface area contributed by atoms with Crippen LogP contribution >= 0.6 is 0 Å². The van der Waals surface area contributed by atoms with Crippen LogP contribution in [0.1, 0.15) is 67.7 Å². The highest BCUT2D eigenvalue weighted by atomic mass is 32.2. The Labute approximate surface area is 308 Å². The van der Waals surface area contributed by atoms with Crippen molar-refractivity contribution in [2.45, 2.75) is 88.7 Å². The fourth-order valence-electron chi connectivity index (χ4n) is 7.01. The molecule has 0 bridgehead atoms. The van der Waals surface area contributed by atoms with Gasteiger partial charge in [0.2, 0.25) is 10.0 Å². The molecular weight excluding hydrogens is 685 g/mol. The SMILES string of the molecule is CCOC(C)COCc1ccc([C@H]2C[C@H](CCC(=O)O)N(S(=O)(=O)c3ccc(C)cc3)C[C@@H]2OCc2ccc3c(c2)N(CCCOC)CCO3)cc1. The number of nitrogens with zero attached hydrogens (tertiary/aromatic N) is 2. The summed E-state index contributed by atoms with van der Waals surface area (Å²) in [5, 5.41) is 9.62. The van der Waals surface area contributed by atoms with E-state index < -0.39 is 28.1 Å². The van der Waals surface area contributed by atoms with Crippen LogP contribution in [0.5, 0.6) is 5.75 Å². The molecule has 4 atom stereocenters. The Balaban J connectivity index is 1.41. The number of aryl methyl sites for hydroxylation is 1. The van der Waals surface area contributed by atoms with Gasteiger partial charge < -0.3 is 33.7 Å². The van der Waals surface area contributed by atoms with E-state index in [0.29, 0.717) is 39.5 Å². The lowest BCUT2D eigenvalue weighted by Gasteiger charge is -2.43. The smallest absolute Gasteiger partial charge is 0.303 e. The maximum atomic E-state index is 14.2. The number of ether oxygens (including phenoxy) is 5. The van der Waals surface area contributed by atoms with Crippen LogP contribution in [-0.4, -0.2) is 95.2 Å². The second-order valence-electron chi connectivity index (χ2n) is 13.7. The van der Waals surface area contributed by atoms with E-state index in [1.54, 1.807) is 31.4 Å². The van der Waals surface area contributed by atoms with Crippen molar-refractivity contribution in [3.63, 3.8) is 0 Å². The van der Waals surface area contributed by atoms with Crippen molar-refractivity contribution in [2.75, 3.05) is 58.1 Å². The van der Waals surface area contributed by atoms with E-state index in [1.807, 2.05) is 45.0 Å². The molecule has 3 aromatic rings. The van der Waals surface area contributed by atoms with E-state index in [-0.39, 0.29) is 42.9 Å². The van der Waals surface area contributed by atoms with Crippen molar-refractivity contribution in [1.82, 2.24) is 4.31 Å². The number of hydrogen-bond donors (Lipinski definition) is 1. The lowest BCUT2D eigenvalue weighted by atomic mass is 9.82. The largest absolute Gasteiger partial charge is 0.490 e. The van der Waals surface area contributed by atoms with Crippen LogP contribution in [0.3, 0.4) is 0 Å². The Morgan fingerprint density at radius 1 is 1.04 bits per heavy atom. The molecule has 2 aliphatic heterocycles. The first-order chi connectivity index (χ1) is 25.1. The topological polar surface area (TPSA) is 124 Å². The van der Waals surface area contributed by atoms with Gasteiger partial charge in [-0.15, -0.1) is 0 Å². The molecule has 11 nitrogen and oxygen atoms in total. The first kappa shape index (κ1) is 39.7. The molecule has 0 spiro atoms. The zero-order valence-electron chi connectivity index (χ0n) is 30.9. The summed E-state index contributed by atoms with van der Waals surface area (Å²) in [5.41, 5.74) is 4.93. The number of aliphatic carboxylic acids is 1. The second-order valence-corrected chi connectivity index (χ2v) is 15.6. The number of benzene rings is 3. The summed E-state index contributed by atoms with van der Waals surface area (Å²) in [7, 11) is -2.25. The number of carboxylic acids is 1. The van der Waals surface area contributed by atoms with Gasteiger partial charge in [0.1, 0.15) is 12.4 Å². The van der Waals surface area contributed by atoms with Gasteiger partial charge in [-0.1, -0.05) is 48.0 Å². The van der Waals surface area contributed by atoms with Crippen molar-refractivity contribution in [1.29, 1.82) is 0 Å². The predicted octanol–water partition coefficient (Wildman–Crippen LogP) is 6.17. The van der Waals surface area contributed by atoms with E-state index in [1.165, 1.54) is 4.31 Å². The average molecular weight is 739 g/mol. The lowest BCUT2D eigenvalue weighted by molar-refractivity contribution is -0.137. The number of sulfonamides is 1. The highest BCUT2D eigenvalue weighted by Gasteiger charge is 2.43. The van der Waals surface area contributed by atoms with E-state index in [4.69, 9.17) is 23.7 Å². The molecule has 1 unspecified atom stereocenters. The van der Waals surface area contributed by atoms with Gasteiger partial charge in [0.25, 0.3) is 0 Å². The summed E-state index contributed by atoms with van der Waals surface area (Å²) in [6, 6.07) is 20.5. The highest BCUT2D eigenvalue weighted by Crippen LogP contribution is 2.39. The van der Waals surface area contributed by atoms with Gasteiger partial charge in [0, 0.05) is 51.8 Å². The minimum Gasteiger partial charge on any atom is -0.490 e. The normalized spacial score (nSPS) is 19.9. The predicted molar refractivity (Wildman–Crippen MR) is 199 cm³/mol. The van der Waals surface area contributed by atoms with Crippen LogP contribution in [0, 0.1) is 6.92 Å². The van der Waals surface area contributed by atoms with Crippen LogP contribution in [0.15, 0.2) is 71.6 Å². The minimum absolute atomic E-state index is 0.00709. The van der Waals surface area contributed by atoms with Crippen molar-refractivity contribution in [2.24, 2.45) is 0 Å². The molecule has 0 saturated carbocycles. The zero-order valence-corrected chi connectivity index (χ0v) is 31.7. The summed E-state index contributed by atoms with van der Waals surface area (Å²) in [6.45, 7) is 10.7. The first-order valence-corrected chi connectivity index (χ1v) is 19.7. The fraction of sp³-hybridized carbons (Fsp3) is 0.525. The van der Waals surface area contributed by atoms with Gasteiger partial charge in [0.05, 0.1) is 49.2 Å². The number of hydrogen-bond acceptors (Lipinski definition) is 9. The number of rotatable bonds is 19. The van der Waals surface area contributed by atoms with Crippen LogP contribution in [0.2, 0.25) is 0 Å². The summed E-state index contributed by atoms with van der Waals surface area (Å²) < 4.78 is 59.3. The summed E-state index contributed by atoms with van der Waals surface area (Å²) in [4.78, 5) is 14.2. The monoisotopic (exact) mass is 738 g/mol. The van der Waals surface area contributed by atoms with Gasteiger partial charge in [-0.2, -0.15) is 4.31 Å². The number of piperidine rings is 1. The maximum Gasteiger partial charge on any atom is 0.303 e. The molecule has 5 rings (SSSR count). The van der Waals surface area contributed by atoms with Crippen molar-refractivity contribution >= 4 is 21.7 Å². The molecule has 2 aliphatic rings. The van der Waals surface area contributed by atoms with Crippen molar-refractivity contribution in [3.8, 4) is 5.75 Å². The molecule has 0 amide bonds. The zero-order chi connectivity index (χ0) is 37.1. The molecule has 0 aliphatic carbocycles. The van der Waals surface area contributed by atoms with E-state index in [2.05, 4.69) is 23.1 Å². The Morgan fingerprint density at radius 2 is 1.79 bits per heavy atom. The molecule has 0 radical (unpaired) electrons. The lowest BCUT2D eigenvalue weighted by Crippen LogP contribution is -2.52. The standard InChI is InChI=1S/C40H54N2O9S/c1-5-49-30(3)26-48-27-31-9-12-33(13-10-31)36-24-34(14-18-40(43)44)42(52(45,46)35-15-7-29(2)8-16-35)25-39(36)51-28-32-11-17-38-37(23-32)41(20-22-50-38)19-6-21-47-4/h7-13,15-17,23,30,34,36,39H,5-6,14,18-22,24-28H2,1-4H3,(H,43,44)/t30?,34-,36+,39-/m0/s1. The van der Waals surface area contributed by atoms with Crippen LogP contribution in [0.4, 0.5) is 5.69 Å². The number of anilines is 1. The number of methoxy groups -OCH3 is 1. The summed E-state index contributed by atoms with van der Waals surface area (Å²) in [6.07, 6.45) is 0.866. The quantitative estimate of drug-likeness (QED) is 0.143. The Kier molecular flexibility index (Phi) is 14.5. The summed E-state index contributed by atoms with van der Waals surface area (Å²) >= 11 is 0. The van der Waals surface area contributed by atoms with Crippen LogP contribution in [0.25, 0.3) is 0 Å². The highest BCUT2D eigenvalue weighted by molar-refractivity contribution is 7.89. The Morgan fingerprint density at radius 3 is 2.50 bits per heavy atom. The number of carbonyl (C=O) groups is 1. The van der Waals surface area contributed by atoms with Crippen LogP contribution in [-0.2, 0) is 47.0 Å². The molecule has 1 fully saturated rings. The van der Waals surface area contributed by atoms with Gasteiger partial charge in [-0.05, 0) is 81.0 Å². The average Bonchev–Trinajstić information content (AvgIpc) is 3.13. The Hall–Kier alpha value is -3.52. The molecule has 1 N–H and O–H groups in total. The van der Waals surface area contributed by atoms with Crippen LogP contribution < -0.4 is 9.64 Å². The van der Waals surface area contributed by atoms with E-state index in [9.17, 15) is 18.3 Å². The second kappa shape index (κ2) is 19.0. The summed E-state index contributed by atoms with van der Waals surface area (Å²) in [5.74, 6) is -0.308. The Bertz CT molecular complexity index is 1680. The van der Waals surface area contributed by atoms with E-state index in [0.717, 1.165) is 53.2 Å².